The van der Waals surface area contributed by atoms with Gasteiger partial charge in [0.05, 0.1) is 51.2 Å². The third kappa shape index (κ3) is 8.39. The molecule has 0 aliphatic carbocycles. The van der Waals surface area contributed by atoms with Crippen molar-refractivity contribution in [3.63, 3.8) is 0 Å². The highest BCUT2D eigenvalue weighted by molar-refractivity contribution is 7.13. The number of aromatic nitrogens is 7. The number of piperidine rings is 1. The third-order valence-corrected chi connectivity index (χ3v) is 12.4. The number of nitrogens with one attached hydrogen (secondary N) is 1. The van der Waals surface area contributed by atoms with Gasteiger partial charge in [0.15, 0.2) is 17.1 Å². The molecule has 8 rings (SSSR count). The molecule has 2 fully saturated rings. The number of nitrogens with two attached hydrogens (primary N) is 1. The Kier molecular flexibility index (Phi) is 11.8. The second-order valence-corrected chi connectivity index (χ2v) is 16.7. The van der Waals surface area contributed by atoms with Crippen LogP contribution in [0.2, 0.25) is 0 Å². The molecule has 5 N–H and O–H groups in total. The fraction of sp³-hybridized carbons (Fsp3) is 0.429. The number of fused-ring (bicyclic) bond motifs is 1. The molecule has 0 saturated carbocycles. The largest absolute Gasteiger partial charge is 0.507 e. The van der Waals surface area contributed by atoms with E-state index in [1.54, 1.807) is 47.3 Å². The molecule has 7 heterocycles. The lowest BCUT2D eigenvalue weighted by molar-refractivity contribution is -0.141. The highest BCUT2D eigenvalue weighted by atomic mass is 32.1. The minimum absolute atomic E-state index is 0.0290. The molecular weight excluding hydrogens is 787 g/mol. The van der Waals surface area contributed by atoms with E-state index in [9.17, 15) is 19.8 Å². The topological polar surface area (TPSA) is 224 Å². The summed E-state index contributed by atoms with van der Waals surface area (Å²) in [6.45, 7) is 10.3. The van der Waals surface area contributed by atoms with E-state index in [2.05, 4.69) is 40.6 Å². The third-order valence-electron chi connectivity index (χ3n) is 11.4. The Balaban J connectivity index is 0.849. The smallest absolute Gasteiger partial charge is 0.254 e. The number of hydrogen-bond acceptors (Lipinski definition) is 15. The predicted molar refractivity (Wildman–Crippen MR) is 224 cm³/mol. The van der Waals surface area contributed by atoms with Crippen LogP contribution >= 0.6 is 11.3 Å². The first-order chi connectivity index (χ1) is 28.9. The molecule has 2 amide bonds. The van der Waals surface area contributed by atoms with Crippen LogP contribution in [0, 0.1) is 12.8 Å². The van der Waals surface area contributed by atoms with Crippen molar-refractivity contribution >= 4 is 40.0 Å². The van der Waals surface area contributed by atoms with Crippen LogP contribution in [0.3, 0.4) is 0 Å². The number of thiazole rings is 1. The summed E-state index contributed by atoms with van der Waals surface area (Å²) in [6, 6.07) is 13.2. The molecule has 5 aromatic heterocycles. The maximum Gasteiger partial charge on any atom is 0.254 e. The summed E-state index contributed by atoms with van der Waals surface area (Å²) in [7, 11) is 0. The SMILES string of the molecule is Cc1ncsc1-c1ccc(C(C)NC(=O)[C@@H]2C[C@@H](O)CN2C(=O)C(c2cc(OCCN3CCC(n4nc(N)c5nnc(-c6ccccc6O)cc54)CC3)no2)C(C)C)nc1. The Morgan fingerprint density at radius 3 is 2.60 bits per heavy atom. The molecule has 2 saturated heterocycles. The van der Waals surface area contributed by atoms with Gasteiger partial charge in [0.1, 0.15) is 24.3 Å². The van der Waals surface area contributed by atoms with Crippen molar-refractivity contribution < 1.29 is 29.1 Å². The van der Waals surface area contributed by atoms with Crippen molar-refractivity contribution in [1.29, 1.82) is 0 Å². The quantitative estimate of drug-likeness (QED) is 0.122. The fourth-order valence-corrected chi connectivity index (χ4v) is 8.98. The number of rotatable bonds is 13. The Morgan fingerprint density at radius 1 is 1.08 bits per heavy atom. The highest BCUT2D eigenvalue weighted by Crippen LogP contribution is 2.35. The lowest BCUT2D eigenvalue weighted by Gasteiger charge is -2.32. The number of nitrogen functional groups attached to an aromatic ring is 1. The molecule has 2 unspecified atom stereocenters. The molecule has 314 valence electrons. The first-order valence-corrected chi connectivity index (χ1v) is 21.1. The summed E-state index contributed by atoms with van der Waals surface area (Å²) in [5.41, 5.74) is 13.0. The molecule has 0 bridgehead atoms. The number of phenols is 1. The van der Waals surface area contributed by atoms with Gasteiger partial charge in [0.2, 0.25) is 11.8 Å². The van der Waals surface area contributed by atoms with Crippen molar-refractivity contribution in [3.8, 4) is 33.3 Å². The number of benzene rings is 1. The maximum absolute atomic E-state index is 14.2. The number of carbonyl (C=O) groups excluding carboxylic acids is 2. The van der Waals surface area contributed by atoms with E-state index in [1.165, 1.54) is 4.90 Å². The number of hydrogen-bond donors (Lipinski definition) is 4. The van der Waals surface area contributed by atoms with Crippen LogP contribution < -0.4 is 15.8 Å². The number of para-hydroxylation sites is 1. The van der Waals surface area contributed by atoms with E-state index in [4.69, 9.17) is 15.0 Å². The van der Waals surface area contributed by atoms with Crippen molar-refractivity contribution in [2.75, 3.05) is 38.5 Å². The summed E-state index contributed by atoms with van der Waals surface area (Å²) in [6.07, 6.45) is 2.71. The lowest BCUT2D eigenvalue weighted by atomic mass is 9.91. The van der Waals surface area contributed by atoms with Gasteiger partial charge in [0, 0.05) is 56.0 Å². The first-order valence-electron chi connectivity index (χ1n) is 20.2. The minimum atomic E-state index is -0.864. The lowest BCUT2D eigenvalue weighted by Crippen LogP contribution is -2.48. The summed E-state index contributed by atoms with van der Waals surface area (Å²) >= 11 is 1.55. The van der Waals surface area contributed by atoms with Gasteiger partial charge >= 0.3 is 0 Å². The molecule has 18 heteroatoms. The summed E-state index contributed by atoms with van der Waals surface area (Å²) < 4.78 is 13.6. The molecule has 6 aromatic rings. The van der Waals surface area contributed by atoms with E-state index in [1.807, 2.05) is 56.6 Å². The number of nitrogens with zero attached hydrogens (tertiary/aromatic N) is 9. The number of ether oxygens (including phenoxy) is 1. The van der Waals surface area contributed by atoms with Crippen LogP contribution in [0.4, 0.5) is 5.82 Å². The summed E-state index contributed by atoms with van der Waals surface area (Å²) in [4.78, 5) is 41.5. The molecule has 0 radical (unpaired) electrons. The summed E-state index contributed by atoms with van der Waals surface area (Å²) in [5.74, 6) is -0.584. The normalized spacial score (nSPS) is 18.6. The molecule has 17 nitrogen and oxygen atoms in total. The molecule has 2 aliphatic heterocycles. The van der Waals surface area contributed by atoms with E-state index in [0.29, 0.717) is 47.2 Å². The fourth-order valence-electron chi connectivity index (χ4n) is 8.19. The molecular formula is C42H49N11O6S. The zero-order valence-corrected chi connectivity index (χ0v) is 34.7. The van der Waals surface area contributed by atoms with Crippen molar-refractivity contribution in [1.82, 2.24) is 50.2 Å². The Hall–Kier alpha value is -5.98. The Bertz CT molecular complexity index is 2460. The van der Waals surface area contributed by atoms with E-state index in [-0.39, 0.29) is 48.4 Å². The Labute approximate surface area is 350 Å². The van der Waals surface area contributed by atoms with Crippen LogP contribution in [0.1, 0.15) is 75.2 Å². The molecule has 60 heavy (non-hydrogen) atoms. The van der Waals surface area contributed by atoms with Crippen molar-refractivity contribution in [3.05, 3.63) is 77.4 Å². The monoisotopic (exact) mass is 835 g/mol. The number of likely N-dealkylation sites (tertiary alicyclic amines) is 2. The average molecular weight is 836 g/mol. The van der Waals surface area contributed by atoms with Crippen LogP contribution in [-0.2, 0) is 9.59 Å². The van der Waals surface area contributed by atoms with Gasteiger partial charge in [-0.3, -0.25) is 24.2 Å². The number of pyridine rings is 1. The number of aliphatic hydroxyl groups excluding tert-OH is 1. The van der Waals surface area contributed by atoms with E-state index < -0.39 is 24.1 Å². The zero-order chi connectivity index (χ0) is 42.1. The van der Waals surface area contributed by atoms with Gasteiger partial charge in [0.25, 0.3) is 5.88 Å². The van der Waals surface area contributed by atoms with E-state index >= 15 is 0 Å². The minimum Gasteiger partial charge on any atom is -0.507 e. The highest BCUT2D eigenvalue weighted by Gasteiger charge is 2.43. The van der Waals surface area contributed by atoms with Gasteiger partial charge in [-0.2, -0.15) is 5.10 Å². The second-order valence-electron chi connectivity index (χ2n) is 15.9. The molecule has 4 atom stereocenters. The summed E-state index contributed by atoms with van der Waals surface area (Å²) in [5, 5.41) is 41.4. The maximum atomic E-state index is 14.2. The van der Waals surface area contributed by atoms with Crippen LogP contribution in [0.15, 0.2) is 64.8 Å². The van der Waals surface area contributed by atoms with Crippen LogP contribution in [-0.4, -0.2) is 112 Å². The van der Waals surface area contributed by atoms with Crippen LogP contribution in [0.25, 0.3) is 32.7 Å². The first kappa shape index (κ1) is 40.8. The number of aliphatic hydroxyl groups is 1. The number of aromatic hydroxyl groups is 1. The Morgan fingerprint density at radius 2 is 1.88 bits per heavy atom. The van der Waals surface area contributed by atoms with Gasteiger partial charge < -0.3 is 35.4 Å². The number of carbonyl (C=O) groups is 2. The average Bonchev–Trinajstić information content (AvgIpc) is 4.05. The second kappa shape index (κ2) is 17.3. The number of amides is 2. The van der Waals surface area contributed by atoms with Crippen molar-refractivity contribution in [2.24, 2.45) is 5.92 Å². The van der Waals surface area contributed by atoms with Gasteiger partial charge in [-0.05, 0) is 62.0 Å². The number of β-amino-alcohol motifs (C(OH)–C–C–N with tert-alkyl or cyclic N) is 1. The van der Waals surface area contributed by atoms with Crippen molar-refractivity contribution in [2.45, 2.75) is 77.1 Å². The van der Waals surface area contributed by atoms with E-state index in [0.717, 1.165) is 47.6 Å². The number of phenolic OH excluding ortho intramolecular Hbond substituents is 1. The molecule has 0 spiro atoms. The molecule has 1 aromatic carbocycles. The van der Waals surface area contributed by atoms with Gasteiger partial charge in [-0.15, -0.1) is 21.5 Å². The predicted octanol–water partition coefficient (Wildman–Crippen LogP) is 4.89. The number of aryl methyl sites for hydroxylation is 1. The van der Waals surface area contributed by atoms with Gasteiger partial charge in [-0.25, -0.2) is 4.98 Å². The van der Waals surface area contributed by atoms with Crippen LogP contribution in [0.5, 0.6) is 11.6 Å². The zero-order valence-electron chi connectivity index (χ0n) is 33.9. The number of anilines is 1. The standard InChI is InChI=1S/C42H49N11O6S/c1-23(2)37(42(57)52-21-28(54)17-33(52)41(56)46-24(3)30-10-9-26(20-44-30)39-25(4)45-22-60-39)35-19-36(50-59-35)58-16-15-51-13-11-27(12-14-51)53-32-18-31(29-7-5-6-8-34(29)55)47-48-38(32)40(43)49-53/h5-10,18-20,22-24,27-28,33,37,54-55H,11-17,21H2,1-4H3,(H2,43,49)(H,46,56)/t24?,28-,33+,37?/m1/s1. The molecule has 2 aliphatic rings. The van der Waals surface area contributed by atoms with Gasteiger partial charge in [-0.1, -0.05) is 32.0 Å².